The number of benzene rings is 1. The second kappa shape index (κ2) is 29.0. The molecule has 26 heavy (non-hydrogen) atoms. The smallest absolute Gasteiger partial charge is 0.0216 e. The maximum Gasteiger partial charge on any atom is -0.0216 e. The molecule has 0 N–H and O–H groups in total. The zero-order valence-corrected chi connectivity index (χ0v) is 19.6. The van der Waals surface area contributed by atoms with Crippen molar-refractivity contribution in [3.05, 3.63) is 35.4 Å². The topological polar surface area (TPSA) is 0 Å². The van der Waals surface area contributed by atoms with Gasteiger partial charge in [-0.25, -0.2) is 0 Å². The summed E-state index contributed by atoms with van der Waals surface area (Å²) in [6, 6.07) is 8.72. The molecular formula is C26H58. The van der Waals surface area contributed by atoms with Crippen molar-refractivity contribution in [2.75, 3.05) is 0 Å². The highest BCUT2D eigenvalue weighted by Crippen LogP contribution is 2.25. The molecule has 0 spiro atoms. The first-order valence-electron chi connectivity index (χ1n) is 10.2. The van der Waals surface area contributed by atoms with E-state index in [1.807, 2.05) is 27.7 Å². The Labute approximate surface area is 171 Å². The van der Waals surface area contributed by atoms with Gasteiger partial charge < -0.3 is 0 Å². The monoisotopic (exact) mass is 370 g/mol. The van der Waals surface area contributed by atoms with E-state index in [0.717, 1.165) is 11.8 Å². The van der Waals surface area contributed by atoms with Crippen molar-refractivity contribution in [2.24, 2.45) is 11.8 Å². The molecule has 0 heteroatoms. The summed E-state index contributed by atoms with van der Waals surface area (Å²) in [5.41, 5.74) is 2.99. The van der Waals surface area contributed by atoms with Gasteiger partial charge in [-0.15, -0.1) is 0 Å². The highest BCUT2D eigenvalue weighted by molar-refractivity contribution is 5.31. The average molecular weight is 371 g/mol. The molecule has 0 fully saturated rings. The number of rotatable bonds is 2. The van der Waals surface area contributed by atoms with Gasteiger partial charge in [-0.1, -0.05) is 136 Å². The van der Waals surface area contributed by atoms with Gasteiger partial charge in [-0.3, -0.25) is 0 Å². The molecule has 0 aliphatic rings. The van der Waals surface area contributed by atoms with Crippen LogP contribution >= 0.6 is 0 Å². The van der Waals surface area contributed by atoms with Crippen molar-refractivity contribution in [3.8, 4) is 0 Å². The Morgan fingerprint density at radius 1 is 0.462 bits per heavy atom. The van der Waals surface area contributed by atoms with Gasteiger partial charge in [-0.05, 0) is 34.8 Å². The fraction of sp³-hybridized carbons (Fsp3) is 0.769. The van der Waals surface area contributed by atoms with Gasteiger partial charge in [0.1, 0.15) is 0 Å². The van der Waals surface area contributed by atoms with Gasteiger partial charge in [-0.2, -0.15) is 0 Å². The summed E-state index contributed by atoms with van der Waals surface area (Å²) in [5, 5.41) is 0. The second-order valence-corrected chi connectivity index (χ2v) is 7.40. The molecule has 0 aromatic heterocycles. The van der Waals surface area contributed by atoms with Crippen LogP contribution in [0, 0.1) is 11.8 Å². The largest absolute Gasteiger partial charge is 0.0776 e. The molecule has 0 aliphatic carbocycles. The van der Waals surface area contributed by atoms with Crippen molar-refractivity contribution in [1.82, 2.24) is 0 Å². The first-order chi connectivity index (χ1) is 11.1. The summed E-state index contributed by atoms with van der Waals surface area (Å²) in [6.45, 7) is 30.0. The van der Waals surface area contributed by atoms with Gasteiger partial charge in [0.25, 0.3) is 0 Å². The van der Waals surface area contributed by atoms with Gasteiger partial charge in [0, 0.05) is 0 Å². The molecule has 0 radical (unpaired) electrons. The molecule has 0 bridgehead atoms. The van der Waals surface area contributed by atoms with Gasteiger partial charge in [0.15, 0.2) is 0 Å². The van der Waals surface area contributed by atoms with Crippen molar-refractivity contribution in [2.45, 2.75) is 124 Å². The van der Waals surface area contributed by atoms with Crippen LogP contribution in [0.3, 0.4) is 0 Å². The zero-order chi connectivity index (χ0) is 20.3. The van der Waals surface area contributed by atoms with Crippen molar-refractivity contribution < 1.29 is 0 Å². The molecule has 0 aliphatic heterocycles. The first-order valence-corrected chi connectivity index (χ1v) is 10.2. The molecule has 0 amide bonds. The lowest BCUT2D eigenvalue weighted by molar-refractivity contribution is 0.736. The Kier molecular flexibility index (Phi) is 44.7. The molecule has 1 rings (SSSR count). The van der Waals surface area contributed by atoms with Gasteiger partial charge in [0.2, 0.25) is 0 Å². The fourth-order valence-corrected chi connectivity index (χ4v) is 1.56. The summed E-state index contributed by atoms with van der Waals surface area (Å²) >= 11 is 0. The van der Waals surface area contributed by atoms with E-state index in [4.69, 9.17) is 0 Å². The standard InChI is InChI=1S/C12H18.2C4H10.2C2H6.2CH4/c1-9(2)11-7-5-6-8-12(11)10(3)4;2*1-4(2)3;2*1-2;;/h5-10H,1-4H3;2*4H,1-3H3;2*1-2H3;2*1H4. The predicted octanol–water partition coefficient (Wildman–Crippen LogP) is 10.6. The van der Waals surface area contributed by atoms with Crippen LogP contribution < -0.4 is 0 Å². The molecule has 1 aromatic rings. The quantitative estimate of drug-likeness (QED) is 0.485. The second-order valence-electron chi connectivity index (χ2n) is 7.40. The number of hydrogen-bond donors (Lipinski definition) is 0. The summed E-state index contributed by atoms with van der Waals surface area (Å²) in [6.07, 6.45) is 0. The van der Waals surface area contributed by atoms with E-state index in [-0.39, 0.29) is 14.9 Å². The van der Waals surface area contributed by atoms with Crippen LogP contribution in [-0.4, -0.2) is 0 Å². The molecule has 0 unspecified atom stereocenters. The maximum absolute atomic E-state index is 2.25. The van der Waals surface area contributed by atoms with Crippen LogP contribution in [0.5, 0.6) is 0 Å². The van der Waals surface area contributed by atoms with Crippen LogP contribution in [-0.2, 0) is 0 Å². The highest BCUT2D eigenvalue weighted by Gasteiger charge is 2.07. The minimum absolute atomic E-state index is 0. The van der Waals surface area contributed by atoms with E-state index in [1.165, 1.54) is 11.1 Å². The lowest BCUT2D eigenvalue weighted by atomic mass is 9.91. The van der Waals surface area contributed by atoms with Crippen LogP contribution in [0.2, 0.25) is 0 Å². The van der Waals surface area contributed by atoms with Crippen LogP contribution in [0.25, 0.3) is 0 Å². The Balaban J connectivity index is -0.0000000607. The zero-order valence-electron chi connectivity index (χ0n) is 19.6. The molecule has 0 nitrogen and oxygen atoms in total. The van der Waals surface area contributed by atoms with E-state index >= 15 is 0 Å². The maximum atomic E-state index is 2.25. The third-order valence-electron chi connectivity index (χ3n) is 2.24. The number of hydrogen-bond acceptors (Lipinski definition) is 0. The fourth-order valence-electron chi connectivity index (χ4n) is 1.56. The third kappa shape index (κ3) is 34.5. The van der Waals surface area contributed by atoms with E-state index in [0.29, 0.717) is 11.8 Å². The lowest BCUT2D eigenvalue weighted by Gasteiger charge is -2.14. The highest BCUT2D eigenvalue weighted by atomic mass is 14.1. The van der Waals surface area contributed by atoms with Crippen LogP contribution in [0.4, 0.5) is 0 Å². The summed E-state index contributed by atoms with van der Waals surface area (Å²) < 4.78 is 0. The van der Waals surface area contributed by atoms with Crippen molar-refractivity contribution in [1.29, 1.82) is 0 Å². The molecule has 0 atom stereocenters. The third-order valence-corrected chi connectivity index (χ3v) is 2.24. The van der Waals surface area contributed by atoms with E-state index in [9.17, 15) is 0 Å². The van der Waals surface area contributed by atoms with Crippen LogP contribution in [0.1, 0.15) is 135 Å². The Morgan fingerprint density at radius 3 is 0.731 bits per heavy atom. The molecule has 0 saturated heterocycles. The van der Waals surface area contributed by atoms with Gasteiger partial charge >= 0.3 is 0 Å². The first kappa shape index (κ1) is 40.0. The summed E-state index contributed by atoms with van der Waals surface area (Å²) in [5.74, 6) is 2.95. The van der Waals surface area contributed by atoms with E-state index < -0.39 is 0 Å². The predicted molar refractivity (Wildman–Crippen MR) is 132 cm³/mol. The van der Waals surface area contributed by atoms with Crippen molar-refractivity contribution in [3.63, 3.8) is 0 Å². The molecule has 162 valence electrons. The summed E-state index contributed by atoms with van der Waals surface area (Å²) in [4.78, 5) is 0. The van der Waals surface area contributed by atoms with Crippen LogP contribution in [0.15, 0.2) is 24.3 Å². The minimum atomic E-state index is 0. The Bertz CT molecular complexity index is 280. The molecule has 1 aromatic carbocycles. The average Bonchev–Trinajstić information content (AvgIpc) is 2.50. The molecular weight excluding hydrogens is 312 g/mol. The van der Waals surface area contributed by atoms with Crippen molar-refractivity contribution >= 4 is 0 Å². The van der Waals surface area contributed by atoms with Gasteiger partial charge in [0.05, 0.1) is 0 Å². The van der Waals surface area contributed by atoms with E-state index in [2.05, 4.69) is 93.5 Å². The molecule has 0 saturated carbocycles. The summed E-state index contributed by atoms with van der Waals surface area (Å²) in [7, 11) is 0. The lowest BCUT2D eigenvalue weighted by Crippen LogP contribution is -1.97. The van der Waals surface area contributed by atoms with E-state index in [1.54, 1.807) is 0 Å². The SMILES string of the molecule is C.C.CC.CC.CC(C)C.CC(C)C.CC(C)c1ccccc1C(C)C. The minimum Gasteiger partial charge on any atom is -0.0776 e. The molecule has 0 heterocycles. The Morgan fingerprint density at radius 2 is 0.615 bits per heavy atom. The Hall–Kier alpha value is -0.780. The normalized spacial score (nSPS) is 8.38.